The van der Waals surface area contributed by atoms with Crippen molar-refractivity contribution in [1.29, 1.82) is 0 Å². The molecule has 0 atom stereocenters. The molecule has 142 valence electrons. The molecule has 4 rings (SSSR count). The van der Waals surface area contributed by atoms with Crippen LogP contribution in [-0.4, -0.2) is 48.7 Å². The summed E-state index contributed by atoms with van der Waals surface area (Å²) in [6, 6.07) is 6.80. The number of amides is 1. The lowest BCUT2D eigenvalue weighted by Gasteiger charge is -2.37. The van der Waals surface area contributed by atoms with Crippen LogP contribution in [0.5, 0.6) is 0 Å². The van der Waals surface area contributed by atoms with E-state index in [9.17, 15) is 13.2 Å². The summed E-state index contributed by atoms with van der Waals surface area (Å²) in [4.78, 5) is 23.0. The first-order valence-electron chi connectivity index (χ1n) is 8.64. The number of likely N-dealkylation sites (N-methyl/N-ethyl adjacent to an activating group) is 1. The minimum atomic E-state index is -3.59. The number of hydrogen-bond donors (Lipinski definition) is 0. The summed E-state index contributed by atoms with van der Waals surface area (Å²) in [5, 5.41) is 0.0888. The molecule has 0 aliphatic carbocycles. The number of fused-ring (bicyclic) bond motifs is 2. The molecule has 1 saturated heterocycles. The first-order valence-corrected chi connectivity index (χ1v) is 10.5. The van der Waals surface area contributed by atoms with Crippen LogP contribution in [0.25, 0.3) is 0 Å². The van der Waals surface area contributed by atoms with Gasteiger partial charge >= 0.3 is 0 Å². The highest BCUT2D eigenvalue weighted by atomic mass is 35.5. The van der Waals surface area contributed by atoms with Gasteiger partial charge in [0.05, 0.1) is 27.9 Å². The summed E-state index contributed by atoms with van der Waals surface area (Å²) in [5.74, 6) is -0.0820. The Morgan fingerprint density at radius 2 is 1.78 bits per heavy atom. The zero-order chi connectivity index (χ0) is 19.4. The van der Waals surface area contributed by atoms with Crippen LogP contribution in [0, 0.1) is 6.92 Å². The third-order valence-corrected chi connectivity index (χ3v) is 7.60. The van der Waals surface area contributed by atoms with Crippen LogP contribution in [-0.2, 0) is 20.2 Å². The average Bonchev–Trinajstić information content (AvgIpc) is 2.85. The summed E-state index contributed by atoms with van der Waals surface area (Å²) in [5.41, 5.74) is 1.40. The maximum atomic E-state index is 13.0. The Morgan fingerprint density at radius 1 is 1.15 bits per heavy atom. The fraction of sp³-hybridized carbons (Fsp3) is 0.389. The monoisotopic (exact) mass is 406 g/mol. The Kier molecular flexibility index (Phi) is 4.25. The quantitative estimate of drug-likeness (QED) is 0.713. The van der Waals surface area contributed by atoms with E-state index in [0.717, 1.165) is 5.56 Å². The van der Waals surface area contributed by atoms with Crippen LogP contribution in [0.3, 0.4) is 0 Å². The fourth-order valence-corrected chi connectivity index (χ4v) is 5.48. The van der Waals surface area contributed by atoms with Crippen molar-refractivity contribution in [1.82, 2.24) is 14.3 Å². The van der Waals surface area contributed by atoms with Gasteiger partial charge in [0, 0.05) is 20.1 Å². The maximum Gasteiger partial charge on any atom is 0.243 e. The number of halogens is 1. The largest absolute Gasteiger partial charge is 0.312 e. The zero-order valence-corrected chi connectivity index (χ0v) is 16.6. The Hall–Kier alpha value is -2.03. The molecule has 0 saturated carbocycles. The molecule has 3 heterocycles. The van der Waals surface area contributed by atoms with E-state index in [2.05, 4.69) is 9.97 Å². The van der Waals surface area contributed by atoms with E-state index >= 15 is 0 Å². The maximum absolute atomic E-state index is 13.0. The lowest BCUT2D eigenvalue weighted by molar-refractivity contribution is -0.124. The van der Waals surface area contributed by atoms with Crippen LogP contribution < -0.4 is 4.90 Å². The normalized spacial score (nSPS) is 19.5. The van der Waals surface area contributed by atoms with E-state index in [-0.39, 0.29) is 29.2 Å². The first-order chi connectivity index (χ1) is 12.8. The second-order valence-corrected chi connectivity index (χ2v) is 9.31. The Bertz CT molecular complexity index is 1020. The number of piperidine rings is 1. The molecule has 1 aromatic carbocycles. The van der Waals surface area contributed by atoms with Crippen LogP contribution in [0.4, 0.5) is 5.69 Å². The molecule has 1 amide bonds. The molecule has 0 unspecified atom stereocenters. The first kappa shape index (κ1) is 18.3. The molecule has 0 bridgehead atoms. The Balaban J connectivity index is 1.63. The van der Waals surface area contributed by atoms with E-state index in [0.29, 0.717) is 24.2 Å². The number of nitrogens with zero attached hydrogens (tertiary/aromatic N) is 4. The molecular weight excluding hydrogens is 388 g/mol. The molecule has 1 spiro atoms. The summed E-state index contributed by atoms with van der Waals surface area (Å²) in [6.45, 7) is 2.40. The highest BCUT2D eigenvalue weighted by Crippen LogP contribution is 2.46. The molecular formula is C18H19ClN4O3S. The topological polar surface area (TPSA) is 83.5 Å². The van der Waals surface area contributed by atoms with Gasteiger partial charge < -0.3 is 4.90 Å². The van der Waals surface area contributed by atoms with Crippen molar-refractivity contribution in [3.63, 3.8) is 0 Å². The smallest absolute Gasteiger partial charge is 0.243 e. The van der Waals surface area contributed by atoms with Gasteiger partial charge in [-0.25, -0.2) is 18.4 Å². The number of benzene rings is 1. The van der Waals surface area contributed by atoms with E-state index in [1.165, 1.54) is 9.21 Å². The highest BCUT2D eigenvalue weighted by Gasteiger charge is 2.53. The molecule has 0 N–H and O–H groups in total. The minimum absolute atomic E-state index is 0.0820. The van der Waals surface area contributed by atoms with E-state index in [4.69, 9.17) is 11.6 Å². The van der Waals surface area contributed by atoms with Gasteiger partial charge in [-0.05, 0) is 43.5 Å². The van der Waals surface area contributed by atoms with Crippen molar-refractivity contribution in [3.05, 3.63) is 47.0 Å². The summed E-state index contributed by atoms with van der Waals surface area (Å²) in [7, 11) is -1.91. The fourth-order valence-electron chi connectivity index (χ4n) is 3.90. The van der Waals surface area contributed by atoms with Crippen molar-refractivity contribution in [2.45, 2.75) is 30.1 Å². The Morgan fingerprint density at radius 3 is 2.41 bits per heavy atom. The van der Waals surface area contributed by atoms with Gasteiger partial charge in [0.15, 0.2) is 0 Å². The number of hydrogen-bond acceptors (Lipinski definition) is 5. The van der Waals surface area contributed by atoms with Crippen LogP contribution >= 0.6 is 11.6 Å². The van der Waals surface area contributed by atoms with Gasteiger partial charge in [0.25, 0.3) is 0 Å². The second kappa shape index (κ2) is 6.25. The number of aryl methyl sites for hydroxylation is 1. The predicted octanol–water partition coefficient (Wildman–Crippen LogP) is 2.14. The van der Waals surface area contributed by atoms with Gasteiger partial charge in [0.1, 0.15) is 0 Å². The lowest BCUT2D eigenvalue weighted by Crippen LogP contribution is -2.49. The predicted molar refractivity (Wildman–Crippen MR) is 101 cm³/mol. The minimum Gasteiger partial charge on any atom is -0.312 e. The number of rotatable bonds is 2. The van der Waals surface area contributed by atoms with Crippen molar-refractivity contribution in [2.24, 2.45) is 0 Å². The molecule has 27 heavy (non-hydrogen) atoms. The van der Waals surface area contributed by atoms with Crippen molar-refractivity contribution >= 4 is 33.2 Å². The lowest BCUT2D eigenvalue weighted by atomic mass is 9.77. The van der Waals surface area contributed by atoms with E-state index < -0.39 is 15.4 Å². The third-order valence-electron chi connectivity index (χ3n) is 5.50. The Labute approximate surface area is 163 Å². The van der Waals surface area contributed by atoms with E-state index in [1.807, 2.05) is 6.92 Å². The van der Waals surface area contributed by atoms with E-state index in [1.54, 1.807) is 37.5 Å². The van der Waals surface area contributed by atoms with Crippen LogP contribution in [0.2, 0.25) is 5.28 Å². The SMILES string of the molecule is Cc1ccc(S(=O)(=O)N2CCC3(CC2)C(=O)N(C)c2cnc(Cl)nc23)cc1. The summed E-state index contributed by atoms with van der Waals surface area (Å²) in [6.07, 6.45) is 2.27. The summed E-state index contributed by atoms with van der Waals surface area (Å²) < 4.78 is 27.3. The molecule has 0 radical (unpaired) electrons. The number of sulfonamides is 1. The highest BCUT2D eigenvalue weighted by molar-refractivity contribution is 7.89. The molecule has 2 aromatic rings. The van der Waals surface area contributed by atoms with Crippen molar-refractivity contribution in [2.75, 3.05) is 25.0 Å². The third kappa shape index (κ3) is 2.74. The molecule has 2 aliphatic rings. The average molecular weight is 407 g/mol. The summed E-state index contributed by atoms with van der Waals surface area (Å²) >= 11 is 5.96. The van der Waals surface area contributed by atoms with Crippen molar-refractivity contribution < 1.29 is 13.2 Å². The van der Waals surface area contributed by atoms with Gasteiger partial charge in [-0.2, -0.15) is 4.31 Å². The van der Waals surface area contributed by atoms with Crippen LogP contribution in [0.15, 0.2) is 35.4 Å². The number of anilines is 1. The number of aromatic nitrogens is 2. The van der Waals surface area contributed by atoms with Gasteiger partial charge in [0.2, 0.25) is 21.2 Å². The molecule has 9 heteroatoms. The second-order valence-electron chi connectivity index (χ2n) is 7.04. The number of carbonyl (C=O) groups excluding carboxylic acids is 1. The molecule has 7 nitrogen and oxygen atoms in total. The van der Waals surface area contributed by atoms with Crippen molar-refractivity contribution in [3.8, 4) is 0 Å². The number of carbonyl (C=O) groups is 1. The molecule has 1 fully saturated rings. The van der Waals surface area contributed by atoms with Gasteiger partial charge in [-0.3, -0.25) is 4.79 Å². The van der Waals surface area contributed by atoms with Gasteiger partial charge in [-0.1, -0.05) is 17.7 Å². The zero-order valence-electron chi connectivity index (χ0n) is 15.0. The standard InChI is InChI=1S/C18H19ClN4O3S/c1-12-3-5-13(6-4-12)27(25,26)23-9-7-18(8-10-23)15-14(22(2)16(18)24)11-20-17(19)21-15/h3-6,11H,7-10H2,1-2H3. The molecule has 2 aliphatic heterocycles. The van der Waals surface area contributed by atoms with Crippen LogP contribution in [0.1, 0.15) is 24.1 Å². The molecule has 1 aromatic heterocycles. The van der Waals surface area contributed by atoms with Gasteiger partial charge in [-0.15, -0.1) is 0 Å².